The van der Waals surface area contributed by atoms with Crippen LogP contribution in [-0.2, 0) is 13.0 Å². The quantitative estimate of drug-likeness (QED) is 0.663. The van der Waals surface area contributed by atoms with E-state index in [9.17, 15) is 4.79 Å². The highest BCUT2D eigenvalue weighted by molar-refractivity contribution is 7.10. The molecule has 3 aromatic rings. The van der Waals surface area contributed by atoms with Crippen molar-refractivity contribution in [1.29, 1.82) is 0 Å². The Hall–Kier alpha value is -2.79. The van der Waals surface area contributed by atoms with Crippen LogP contribution in [0.2, 0.25) is 0 Å². The van der Waals surface area contributed by atoms with Crippen molar-refractivity contribution >= 4 is 34.3 Å². The molecule has 0 bridgehead atoms. The van der Waals surface area contributed by atoms with Crippen LogP contribution in [0.3, 0.4) is 0 Å². The van der Waals surface area contributed by atoms with E-state index in [4.69, 9.17) is 0 Å². The average molecular weight is 392 g/mol. The van der Waals surface area contributed by atoms with Gasteiger partial charge in [-0.05, 0) is 78.9 Å². The van der Waals surface area contributed by atoms with Crippen LogP contribution in [0.25, 0.3) is 0 Å². The van der Waals surface area contributed by atoms with Gasteiger partial charge in [-0.3, -0.25) is 4.79 Å². The minimum absolute atomic E-state index is 0.0839. The van der Waals surface area contributed by atoms with Gasteiger partial charge in [-0.2, -0.15) is 0 Å². The van der Waals surface area contributed by atoms with E-state index < -0.39 is 0 Å². The summed E-state index contributed by atoms with van der Waals surface area (Å²) in [4.78, 5) is 18.6. The summed E-state index contributed by atoms with van der Waals surface area (Å²) in [7, 11) is 2.04. The molecule has 0 aliphatic carbocycles. The number of nitrogens with one attached hydrogen (secondary N) is 1. The number of hydrogen-bond acceptors (Lipinski definition) is 4. The largest absolute Gasteiger partial charge is 0.375 e. The van der Waals surface area contributed by atoms with E-state index in [1.165, 1.54) is 16.1 Å². The number of nitrogens with zero attached hydrogens (tertiary/aromatic N) is 2. The standard InChI is InChI=1S/C23H25N3OS/c1-3-25(2)20-8-4-17(5-9-20)23(27)24-19-6-10-21(11-7-19)26-14-12-22-18(16-26)13-15-28-22/h4-11,13,15H,3,12,14,16H2,1-2H3,(H,24,27). The van der Waals surface area contributed by atoms with Gasteiger partial charge in [0.15, 0.2) is 0 Å². The second-order valence-electron chi connectivity index (χ2n) is 7.10. The summed E-state index contributed by atoms with van der Waals surface area (Å²) in [6, 6.07) is 18.1. The number of anilines is 3. The number of carbonyl (C=O) groups is 1. The zero-order valence-electron chi connectivity index (χ0n) is 16.3. The number of benzene rings is 2. The molecule has 0 unspecified atom stereocenters. The fourth-order valence-electron chi connectivity index (χ4n) is 3.48. The lowest BCUT2D eigenvalue weighted by Gasteiger charge is -2.29. The Labute approximate surface area is 170 Å². The summed E-state index contributed by atoms with van der Waals surface area (Å²) in [5.74, 6) is -0.0839. The van der Waals surface area contributed by atoms with E-state index in [2.05, 4.69) is 45.6 Å². The molecule has 1 amide bonds. The molecule has 144 valence electrons. The topological polar surface area (TPSA) is 35.6 Å². The molecular weight excluding hydrogens is 366 g/mol. The summed E-state index contributed by atoms with van der Waals surface area (Å²) in [6.45, 7) is 5.04. The smallest absolute Gasteiger partial charge is 0.255 e. The Bertz CT molecular complexity index is 947. The molecule has 2 heterocycles. The molecule has 2 aromatic carbocycles. The Balaban J connectivity index is 1.40. The first kappa shape index (κ1) is 18.6. The van der Waals surface area contributed by atoms with Crippen molar-refractivity contribution in [1.82, 2.24) is 0 Å². The van der Waals surface area contributed by atoms with Gasteiger partial charge < -0.3 is 15.1 Å². The number of fused-ring (bicyclic) bond motifs is 1. The Morgan fingerprint density at radius 1 is 1.11 bits per heavy atom. The summed E-state index contributed by atoms with van der Waals surface area (Å²) in [6.07, 6.45) is 1.11. The predicted octanol–water partition coefficient (Wildman–Crippen LogP) is 5.02. The Kier molecular flexibility index (Phi) is 5.35. The highest BCUT2D eigenvalue weighted by Crippen LogP contribution is 2.28. The fraction of sp³-hybridized carbons (Fsp3) is 0.261. The number of carbonyl (C=O) groups excluding carboxylic acids is 1. The molecule has 1 aliphatic rings. The van der Waals surface area contributed by atoms with Crippen LogP contribution in [-0.4, -0.2) is 26.0 Å². The number of rotatable bonds is 5. The molecule has 0 fully saturated rings. The second-order valence-corrected chi connectivity index (χ2v) is 8.10. The summed E-state index contributed by atoms with van der Waals surface area (Å²) < 4.78 is 0. The van der Waals surface area contributed by atoms with Crippen molar-refractivity contribution in [3.05, 3.63) is 76.0 Å². The first-order valence-electron chi connectivity index (χ1n) is 9.67. The van der Waals surface area contributed by atoms with E-state index in [1.54, 1.807) is 0 Å². The van der Waals surface area contributed by atoms with Gasteiger partial charge in [0.25, 0.3) is 5.91 Å². The average Bonchev–Trinajstić information content (AvgIpc) is 3.21. The third-order valence-electron chi connectivity index (χ3n) is 5.34. The molecule has 4 nitrogen and oxygen atoms in total. The number of thiophene rings is 1. The second kappa shape index (κ2) is 8.07. The summed E-state index contributed by atoms with van der Waals surface area (Å²) in [5.41, 5.74) is 5.22. The SMILES string of the molecule is CCN(C)c1ccc(C(=O)Nc2ccc(N3CCc4sccc4C3)cc2)cc1. The van der Waals surface area contributed by atoms with Crippen LogP contribution in [0.5, 0.6) is 0 Å². The number of hydrogen-bond donors (Lipinski definition) is 1. The van der Waals surface area contributed by atoms with E-state index in [0.29, 0.717) is 5.56 Å². The van der Waals surface area contributed by atoms with E-state index in [-0.39, 0.29) is 5.91 Å². The van der Waals surface area contributed by atoms with Crippen LogP contribution >= 0.6 is 11.3 Å². The van der Waals surface area contributed by atoms with Crippen molar-refractivity contribution in [2.75, 3.05) is 35.3 Å². The third kappa shape index (κ3) is 3.90. The van der Waals surface area contributed by atoms with Crippen molar-refractivity contribution in [2.24, 2.45) is 0 Å². The number of amides is 1. The molecule has 1 aliphatic heterocycles. The summed E-state index contributed by atoms with van der Waals surface area (Å²) >= 11 is 1.86. The van der Waals surface area contributed by atoms with Crippen LogP contribution in [0.4, 0.5) is 17.1 Å². The molecule has 0 radical (unpaired) electrons. The fourth-order valence-corrected chi connectivity index (χ4v) is 4.37. The lowest BCUT2D eigenvalue weighted by molar-refractivity contribution is 0.102. The minimum atomic E-state index is -0.0839. The molecule has 0 spiro atoms. The van der Waals surface area contributed by atoms with Gasteiger partial charge in [0.1, 0.15) is 0 Å². The molecule has 1 aromatic heterocycles. The van der Waals surface area contributed by atoms with Gasteiger partial charge in [-0.1, -0.05) is 0 Å². The molecule has 4 rings (SSSR count). The lowest BCUT2D eigenvalue weighted by atomic mass is 10.1. The maximum absolute atomic E-state index is 12.5. The molecular formula is C23H25N3OS. The zero-order valence-corrected chi connectivity index (χ0v) is 17.1. The first-order valence-corrected chi connectivity index (χ1v) is 10.5. The highest BCUT2D eigenvalue weighted by atomic mass is 32.1. The van der Waals surface area contributed by atoms with E-state index in [1.807, 2.05) is 54.8 Å². The van der Waals surface area contributed by atoms with E-state index in [0.717, 1.165) is 37.4 Å². The van der Waals surface area contributed by atoms with Crippen LogP contribution in [0, 0.1) is 0 Å². The first-order chi connectivity index (χ1) is 13.6. The van der Waals surface area contributed by atoms with E-state index >= 15 is 0 Å². The molecule has 1 N–H and O–H groups in total. The van der Waals surface area contributed by atoms with Gasteiger partial charge in [0, 0.05) is 54.2 Å². The van der Waals surface area contributed by atoms with Crippen LogP contribution in [0.1, 0.15) is 27.7 Å². The summed E-state index contributed by atoms with van der Waals surface area (Å²) in [5, 5.41) is 5.17. The normalized spacial score (nSPS) is 13.1. The van der Waals surface area contributed by atoms with Gasteiger partial charge in [0.2, 0.25) is 0 Å². The molecule has 28 heavy (non-hydrogen) atoms. The maximum Gasteiger partial charge on any atom is 0.255 e. The van der Waals surface area contributed by atoms with Crippen LogP contribution in [0.15, 0.2) is 60.0 Å². The van der Waals surface area contributed by atoms with Crippen molar-refractivity contribution in [3.8, 4) is 0 Å². The zero-order chi connectivity index (χ0) is 19.5. The highest BCUT2D eigenvalue weighted by Gasteiger charge is 2.17. The van der Waals surface area contributed by atoms with Crippen molar-refractivity contribution < 1.29 is 4.79 Å². The molecule has 0 saturated carbocycles. The van der Waals surface area contributed by atoms with Gasteiger partial charge >= 0.3 is 0 Å². The maximum atomic E-state index is 12.5. The van der Waals surface area contributed by atoms with Gasteiger partial charge in [-0.15, -0.1) is 11.3 Å². The molecule has 0 saturated heterocycles. The van der Waals surface area contributed by atoms with Gasteiger partial charge in [0.05, 0.1) is 0 Å². The minimum Gasteiger partial charge on any atom is -0.375 e. The lowest BCUT2D eigenvalue weighted by Crippen LogP contribution is -2.29. The Morgan fingerprint density at radius 2 is 1.86 bits per heavy atom. The molecule has 5 heteroatoms. The Morgan fingerprint density at radius 3 is 2.57 bits per heavy atom. The van der Waals surface area contributed by atoms with Crippen molar-refractivity contribution in [3.63, 3.8) is 0 Å². The van der Waals surface area contributed by atoms with Crippen molar-refractivity contribution in [2.45, 2.75) is 19.9 Å². The monoisotopic (exact) mass is 391 g/mol. The molecule has 0 atom stereocenters. The third-order valence-corrected chi connectivity index (χ3v) is 6.37. The van der Waals surface area contributed by atoms with Gasteiger partial charge in [-0.25, -0.2) is 0 Å². The van der Waals surface area contributed by atoms with Crippen LogP contribution < -0.4 is 15.1 Å². The predicted molar refractivity (Wildman–Crippen MR) is 119 cm³/mol.